The highest BCUT2D eigenvalue weighted by Gasteiger charge is 2.14. The first kappa shape index (κ1) is 12.8. The van der Waals surface area contributed by atoms with Gasteiger partial charge in [-0.2, -0.15) is 0 Å². The molecule has 5 heteroatoms. The third-order valence-corrected chi connectivity index (χ3v) is 3.57. The minimum atomic E-state index is -0.780. The maximum atomic E-state index is 10.2. The van der Waals surface area contributed by atoms with Crippen LogP contribution in [0.3, 0.4) is 0 Å². The van der Waals surface area contributed by atoms with Crippen molar-refractivity contribution < 1.29 is 9.92 Å². The Balaban J connectivity index is 3.23. The minimum Gasteiger partial charge on any atom is -0.309 e. The molecule has 0 fully saturated rings. The second-order valence-corrected chi connectivity index (χ2v) is 4.17. The van der Waals surface area contributed by atoms with E-state index in [-0.39, 0.29) is 6.61 Å². The van der Waals surface area contributed by atoms with Gasteiger partial charge in [-0.1, -0.05) is 11.6 Å². The van der Waals surface area contributed by atoms with Crippen molar-refractivity contribution in [3.63, 3.8) is 0 Å². The van der Waals surface area contributed by atoms with E-state index in [1.807, 2.05) is 27.7 Å². The van der Waals surface area contributed by atoms with Crippen molar-refractivity contribution in [3.8, 4) is 0 Å². The monoisotopic (exact) mass is 243 g/mol. The molecule has 0 aliphatic rings. The van der Waals surface area contributed by atoms with E-state index in [0.29, 0.717) is 0 Å². The van der Waals surface area contributed by atoms with Crippen molar-refractivity contribution in [1.82, 2.24) is 0 Å². The third kappa shape index (κ3) is 2.27. The number of nitrogens with zero attached hydrogens (tertiary/aromatic N) is 1. The molecule has 1 aromatic carbocycles. The summed E-state index contributed by atoms with van der Waals surface area (Å²) in [4.78, 5) is 14.6. The molecule has 0 aliphatic heterocycles. The van der Waals surface area contributed by atoms with Crippen molar-refractivity contribution >= 4 is 11.6 Å². The molecule has 0 unspecified atom stereocenters. The van der Waals surface area contributed by atoms with E-state index >= 15 is 0 Å². The summed E-state index contributed by atoms with van der Waals surface area (Å²) in [5.74, 6) is 0. The molecule has 0 aromatic heterocycles. The SMILES string of the molecule is Cc1c(C)c(CO[N+](=O)[O-])c(C)c(C)c1Cl. The molecule has 0 aliphatic carbocycles. The van der Waals surface area contributed by atoms with Gasteiger partial charge >= 0.3 is 0 Å². The van der Waals surface area contributed by atoms with Gasteiger partial charge in [0.15, 0.2) is 0 Å². The first-order valence-corrected chi connectivity index (χ1v) is 5.26. The number of rotatable bonds is 3. The highest BCUT2D eigenvalue weighted by Crippen LogP contribution is 2.30. The molecule has 4 nitrogen and oxygen atoms in total. The van der Waals surface area contributed by atoms with Crippen LogP contribution in [0.4, 0.5) is 0 Å². The second kappa shape index (κ2) is 4.70. The predicted octanol–water partition coefficient (Wildman–Crippen LogP) is 3.28. The summed E-state index contributed by atoms with van der Waals surface area (Å²) in [6.07, 6.45) is 0. The smallest absolute Gasteiger partial charge is 0.294 e. The second-order valence-electron chi connectivity index (χ2n) is 3.79. The fraction of sp³-hybridized carbons (Fsp3) is 0.455. The van der Waals surface area contributed by atoms with Gasteiger partial charge in [-0.15, -0.1) is 10.1 Å². The van der Waals surface area contributed by atoms with Crippen LogP contribution in [0.2, 0.25) is 5.02 Å². The van der Waals surface area contributed by atoms with Crippen molar-refractivity contribution in [1.29, 1.82) is 0 Å². The van der Waals surface area contributed by atoms with Crippen LogP contribution < -0.4 is 0 Å². The summed E-state index contributed by atoms with van der Waals surface area (Å²) in [5, 5.41) is 10.1. The largest absolute Gasteiger partial charge is 0.309 e. The molecule has 0 heterocycles. The van der Waals surface area contributed by atoms with E-state index in [1.165, 1.54) is 0 Å². The van der Waals surface area contributed by atoms with Crippen LogP contribution >= 0.6 is 11.6 Å². The van der Waals surface area contributed by atoms with Crippen LogP contribution in [0.5, 0.6) is 0 Å². The van der Waals surface area contributed by atoms with Gasteiger partial charge in [-0.25, -0.2) is 0 Å². The number of hydrogen-bond acceptors (Lipinski definition) is 3. The lowest BCUT2D eigenvalue weighted by molar-refractivity contribution is -0.763. The number of hydrogen-bond donors (Lipinski definition) is 0. The molecule has 1 rings (SSSR count). The number of benzene rings is 1. The minimum absolute atomic E-state index is 0.0243. The first-order valence-electron chi connectivity index (χ1n) is 4.88. The fourth-order valence-electron chi connectivity index (χ4n) is 1.68. The summed E-state index contributed by atoms with van der Waals surface area (Å²) < 4.78 is 0. The molecule has 0 saturated carbocycles. The van der Waals surface area contributed by atoms with Gasteiger partial charge in [0, 0.05) is 5.02 Å². The first-order chi connectivity index (χ1) is 7.36. The zero-order valence-corrected chi connectivity index (χ0v) is 10.5. The molecule has 88 valence electrons. The molecular formula is C11H14ClNO3. The Morgan fingerprint density at radius 3 is 1.94 bits per heavy atom. The quantitative estimate of drug-likeness (QED) is 0.605. The topological polar surface area (TPSA) is 52.4 Å². The van der Waals surface area contributed by atoms with Gasteiger partial charge in [-0.05, 0) is 55.5 Å². The van der Waals surface area contributed by atoms with E-state index in [4.69, 9.17) is 11.6 Å². The van der Waals surface area contributed by atoms with E-state index < -0.39 is 5.09 Å². The summed E-state index contributed by atoms with van der Waals surface area (Å²) >= 11 is 6.15. The molecule has 0 spiro atoms. The lowest BCUT2D eigenvalue weighted by Gasteiger charge is -2.16. The van der Waals surface area contributed by atoms with E-state index in [9.17, 15) is 10.1 Å². The molecule has 0 N–H and O–H groups in total. The third-order valence-electron chi connectivity index (χ3n) is 3.00. The average molecular weight is 244 g/mol. The Hall–Kier alpha value is -1.29. The molecular weight excluding hydrogens is 230 g/mol. The van der Waals surface area contributed by atoms with Gasteiger partial charge < -0.3 is 4.84 Å². The zero-order valence-electron chi connectivity index (χ0n) is 9.76. The highest BCUT2D eigenvalue weighted by molar-refractivity contribution is 6.32. The standard InChI is InChI=1S/C11H14ClNO3/c1-6-8(3)11(12)9(4)7(2)10(6)5-16-13(14)15/h5H2,1-4H3. The van der Waals surface area contributed by atoms with E-state index in [2.05, 4.69) is 4.84 Å². The van der Waals surface area contributed by atoms with Crippen molar-refractivity contribution in [2.45, 2.75) is 34.3 Å². The Labute approximate surface area is 99.3 Å². The van der Waals surface area contributed by atoms with E-state index in [1.54, 1.807) is 0 Å². The Morgan fingerprint density at radius 1 is 1.12 bits per heavy atom. The van der Waals surface area contributed by atoms with Crippen molar-refractivity contribution in [2.24, 2.45) is 0 Å². The summed E-state index contributed by atoms with van der Waals surface area (Å²) in [6, 6.07) is 0. The van der Waals surface area contributed by atoms with Gasteiger partial charge in [0.25, 0.3) is 5.09 Å². The maximum absolute atomic E-state index is 10.2. The van der Waals surface area contributed by atoms with Gasteiger partial charge in [0.1, 0.15) is 6.61 Å². The molecule has 0 radical (unpaired) electrons. The Bertz CT molecular complexity index is 414. The normalized spacial score (nSPS) is 10.3. The van der Waals surface area contributed by atoms with Crippen LogP contribution in [0.15, 0.2) is 0 Å². The van der Waals surface area contributed by atoms with Gasteiger partial charge in [0.2, 0.25) is 0 Å². The predicted molar refractivity (Wildman–Crippen MR) is 62.2 cm³/mol. The molecule has 0 atom stereocenters. The lowest BCUT2D eigenvalue weighted by atomic mass is 9.94. The lowest BCUT2D eigenvalue weighted by Crippen LogP contribution is -2.06. The Kier molecular flexibility index (Phi) is 3.75. The van der Waals surface area contributed by atoms with Crippen LogP contribution in [0.25, 0.3) is 0 Å². The summed E-state index contributed by atoms with van der Waals surface area (Å²) in [7, 11) is 0. The van der Waals surface area contributed by atoms with Crippen molar-refractivity contribution in [2.75, 3.05) is 0 Å². The Morgan fingerprint density at radius 2 is 1.56 bits per heavy atom. The van der Waals surface area contributed by atoms with E-state index in [0.717, 1.165) is 32.8 Å². The molecule has 0 amide bonds. The van der Waals surface area contributed by atoms with Crippen LogP contribution in [0.1, 0.15) is 27.8 Å². The summed E-state index contributed by atoms with van der Waals surface area (Å²) in [5.41, 5.74) is 4.65. The van der Waals surface area contributed by atoms with Crippen LogP contribution in [-0.2, 0) is 11.4 Å². The number of halogens is 1. The van der Waals surface area contributed by atoms with Gasteiger partial charge in [-0.3, -0.25) is 0 Å². The van der Waals surface area contributed by atoms with Gasteiger partial charge in [0.05, 0.1) is 0 Å². The molecule has 0 saturated heterocycles. The average Bonchev–Trinajstić information content (AvgIpc) is 2.23. The fourth-order valence-corrected chi connectivity index (χ4v) is 1.96. The maximum Gasteiger partial charge on any atom is 0.294 e. The van der Waals surface area contributed by atoms with Crippen molar-refractivity contribution in [3.05, 3.63) is 43.0 Å². The van der Waals surface area contributed by atoms with Crippen LogP contribution in [-0.4, -0.2) is 5.09 Å². The zero-order chi connectivity index (χ0) is 12.5. The summed E-state index contributed by atoms with van der Waals surface area (Å²) in [6.45, 7) is 7.57. The molecule has 1 aromatic rings. The molecule has 0 bridgehead atoms. The van der Waals surface area contributed by atoms with Crippen LogP contribution in [0, 0.1) is 37.8 Å². The molecule has 16 heavy (non-hydrogen) atoms. The highest BCUT2D eigenvalue weighted by atomic mass is 35.5.